The maximum Gasteiger partial charge on any atom is 0.0775 e. The third-order valence-corrected chi connectivity index (χ3v) is 5.89. The molecule has 1 nitrogen and oxygen atoms in total. The lowest BCUT2D eigenvalue weighted by molar-refractivity contribution is 0.687. The van der Waals surface area contributed by atoms with Gasteiger partial charge < -0.3 is 5.32 Å². The lowest BCUT2D eigenvalue weighted by Gasteiger charge is -2.16. The lowest BCUT2D eigenvalue weighted by Crippen LogP contribution is -2.37. The first-order valence-corrected chi connectivity index (χ1v) is 11.3. The van der Waals surface area contributed by atoms with Gasteiger partial charge in [0.2, 0.25) is 0 Å². The van der Waals surface area contributed by atoms with Crippen molar-refractivity contribution in [2.75, 3.05) is 6.54 Å². The van der Waals surface area contributed by atoms with Crippen molar-refractivity contribution in [2.45, 2.75) is 39.5 Å². The SMILES string of the molecule is Cc1cccc(CCNCc2ccc([Si](C)(C)C)cc2)c1. The van der Waals surface area contributed by atoms with Crippen molar-refractivity contribution in [1.82, 2.24) is 5.32 Å². The van der Waals surface area contributed by atoms with Gasteiger partial charge in [0.15, 0.2) is 0 Å². The van der Waals surface area contributed by atoms with Gasteiger partial charge in [0.1, 0.15) is 0 Å². The number of hydrogen-bond acceptors (Lipinski definition) is 1. The fourth-order valence-corrected chi connectivity index (χ4v) is 3.62. The van der Waals surface area contributed by atoms with Crippen LogP contribution in [0.25, 0.3) is 0 Å². The number of aryl methyl sites for hydroxylation is 1. The molecular weight excluding hydrogens is 270 g/mol. The second-order valence-corrected chi connectivity index (χ2v) is 11.9. The highest BCUT2D eigenvalue weighted by Gasteiger charge is 2.15. The highest BCUT2D eigenvalue weighted by molar-refractivity contribution is 6.88. The van der Waals surface area contributed by atoms with E-state index in [2.05, 4.69) is 80.4 Å². The summed E-state index contributed by atoms with van der Waals surface area (Å²) in [6.07, 6.45) is 1.09. The van der Waals surface area contributed by atoms with Crippen LogP contribution >= 0.6 is 0 Å². The molecule has 112 valence electrons. The first-order chi connectivity index (χ1) is 9.95. The van der Waals surface area contributed by atoms with Crippen molar-refractivity contribution in [3.8, 4) is 0 Å². The molecule has 21 heavy (non-hydrogen) atoms. The van der Waals surface area contributed by atoms with Crippen molar-refractivity contribution < 1.29 is 0 Å². The van der Waals surface area contributed by atoms with E-state index in [9.17, 15) is 0 Å². The van der Waals surface area contributed by atoms with E-state index in [4.69, 9.17) is 0 Å². The van der Waals surface area contributed by atoms with Crippen LogP contribution in [-0.2, 0) is 13.0 Å². The van der Waals surface area contributed by atoms with Gasteiger partial charge in [-0.3, -0.25) is 0 Å². The molecule has 0 bridgehead atoms. The smallest absolute Gasteiger partial charge is 0.0775 e. The van der Waals surface area contributed by atoms with E-state index in [0.29, 0.717) is 0 Å². The fourth-order valence-electron chi connectivity index (χ4n) is 2.46. The molecule has 0 unspecified atom stereocenters. The Bertz CT molecular complexity index is 567. The molecule has 0 aliphatic rings. The van der Waals surface area contributed by atoms with Crippen LogP contribution in [0.2, 0.25) is 19.6 Å². The molecule has 0 saturated carbocycles. The van der Waals surface area contributed by atoms with Gasteiger partial charge in [-0.2, -0.15) is 0 Å². The van der Waals surface area contributed by atoms with Crippen LogP contribution in [0.5, 0.6) is 0 Å². The first-order valence-electron chi connectivity index (χ1n) is 7.81. The van der Waals surface area contributed by atoms with Crippen molar-refractivity contribution in [2.24, 2.45) is 0 Å². The summed E-state index contributed by atoms with van der Waals surface area (Å²) in [5.41, 5.74) is 4.13. The predicted octanol–water partition coefficient (Wildman–Crippen LogP) is 3.87. The summed E-state index contributed by atoms with van der Waals surface area (Å²) in [4.78, 5) is 0. The molecule has 0 radical (unpaired) electrons. The maximum atomic E-state index is 3.54. The Balaban J connectivity index is 1.79. The second-order valence-electron chi connectivity index (χ2n) is 6.86. The minimum Gasteiger partial charge on any atom is -0.312 e. The van der Waals surface area contributed by atoms with Gasteiger partial charge in [0.05, 0.1) is 8.07 Å². The molecule has 2 aromatic carbocycles. The number of nitrogens with one attached hydrogen (secondary N) is 1. The zero-order valence-corrected chi connectivity index (χ0v) is 14.7. The van der Waals surface area contributed by atoms with E-state index in [0.717, 1.165) is 19.5 Å². The molecule has 0 fully saturated rings. The molecule has 2 rings (SSSR count). The van der Waals surface area contributed by atoms with E-state index < -0.39 is 8.07 Å². The molecule has 0 spiro atoms. The molecular formula is C19H27NSi. The molecule has 2 aromatic rings. The maximum absolute atomic E-state index is 3.54. The van der Waals surface area contributed by atoms with E-state index in [1.54, 1.807) is 0 Å². The van der Waals surface area contributed by atoms with Crippen molar-refractivity contribution >= 4 is 13.3 Å². The Morgan fingerprint density at radius 3 is 2.24 bits per heavy atom. The fraction of sp³-hybridized carbons (Fsp3) is 0.368. The Labute approximate surface area is 130 Å². The van der Waals surface area contributed by atoms with Gasteiger partial charge in [0, 0.05) is 6.54 Å². The molecule has 0 aliphatic heterocycles. The van der Waals surface area contributed by atoms with Crippen LogP contribution in [0, 0.1) is 6.92 Å². The van der Waals surface area contributed by atoms with Gasteiger partial charge in [0.25, 0.3) is 0 Å². The van der Waals surface area contributed by atoms with Crippen LogP contribution in [0.3, 0.4) is 0 Å². The third-order valence-electron chi connectivity index (χ3n) is 3.82. The molecule has 0 atom stereocenters. The van der Waals surface area contributed by atoms with E-state index in [-0.39, 0.29) is 0 Å². The van der Waals surface area contributed by atoms with Gasteiger partial charge in [-0.25, -0.2) is 0 Å². The minimum absolute atomic E-state index is 0.956. The highest BCUT2D eigenvalue weighted by atomic mass is 28.3. The van der Waals surface area contributed by atoms with Gasteiger partial charge in [-0.05, 0) is 31.0 Å². The summed E-state index contributed by atoms with van der Waals surface area (Å²) in [7, 11) is -1.16. The van der Waals surface area contributed by atoms with Gasteiger partial charge >= 0.3 is 0 Å². The summed E-state index contributed by atoms with van der Waals surface area (Å²) >= 11 is 0. The summed E-state index contributed by atoms with van der Waals surface area (Å²) in [6, 6.07) is 17.9. The van der Waals surface area contributed by atoms with E-state index in [1.807, 2.05) is 0 Å². The van der Waals surface area contributed by atoms with E-state index >= 15 is 0 Å². The number of hydrogen-bond donors (Lipinski definition) is 1. The Morgan fingerprint density at radius 1 is 0.905 bits per heavy atom. The molecule has 0 heterocycles. The van der Waals surface area contributed by atoms with Crippen molar-refractivity contribution in [3.63, 3.8) is 0 Å². The lowest BCUT2D eigenvalue weighted by atomic mass is 10.1. The Hall–Kier alpha value is -1.38. The van der Waals surface area contributed by atoms with Gasteiger partial charge in [-0.15, -0.1) is 0 Å². The molecule has 0 aliphatic carbocycles. The van der Waals surface area contributed by atoms with Crippen molar-refractivity contribution in [3.05, 3.63) is 65.2 Å². The quantitative estimate of drug-likeness (QED) is 0.630. The second kappa shape index (κ2) is 7.06. The van der Waals surface area contributed by atoms with Crippen molar-refractivity contribution in [1.29, 1.82) is 0 Å². The van der Waals surface area contributed by atoms with Crippen LogP contribution < -0.4 is 10.5 Å². The largest absolute Gasteiger partial charge is 0.312 e. The Morgan fingerprint density at radius 2 is 1.62 bits per heavy atom. The molecule has 2 heteroatoms. The zero-order valence-electron chi connectivity index (χ0n) is 13.7. The van der Waals surface area contributed by atoms with Crippen LogP contribution in [-0.4, -0.2) is 14.6 Å². The summed E-state index contributed by atoms with van der Waals surface area (Å²) in [6.45, 7) is 11.3. The summed E-state index contributed by atoms with van der Waals surface area (Å²) in [5.74, 6) is 0. The topological polar surface area (TPSA) is 12.0 Å². The average Bonchev–Trinajstić information content (AvgIpc) is 2.43. The third kappa shape index (κ3) is 5.14. The molecule has 0 aromatic heterocycles. The zero-order chi connectivity index (χ0) is 15.3. The summed E-state index contributed by atoms with van der Waals surface area (Å²) < 4.78 is 0. The standard InChI is InChI=1S/C19H27NSi/c1-16-6-5-7-17(14-16)12-13-20-15-18-8-10-19(11-9-18)21(2,3)4/h5-11,14,20H,12-13,15H2,1-4H3. The predicted molar refractivity (Wildman–Crippen MR) is 96.0 cm³/mol. The van der Waals surface area contributed by atoms with Crippen LogP contribution in [0.4, 0.5) is 0 Å². The van der Waals surface area contributed by atoms with Crippen LogP contribution in [0.1, 0.15) is 16.7 Å². The summed E-state index contributed by atoms with van der Waals surface area (Å²) in [5, 5.41) is 5.07. The number of benzene rings is 2. The highest BCUT2D eigenvalue weighted by Crippen LogP contribution is 2.06. The molecule has 1 N–H and O–H groups in total. The first kappa shape index (κ1) is 16.0. The number of rotatable bonds is 6. The molecule has 0 saturated heterocycles. The molecule has 0 amide bonds. The van der Waals surface area contributed by atoms with E-state index in [1.165, 1.54) is 21.9 Å². The monoisotopic (exact) mass is 297 g/mol. The average molecular weight is 298 g/mol. The van der Waals surface area contributed by atoms with Crippen LogP contribution in [0.15, 0.2) is 48.5 Å². The minimum atomic E-state index is -1.16. The Kier molecular flexibility index (Phi) is 5.37. The van der Waals surface area contributed by atoms with Gasteiger partial charge in [-0.1, -0.05) is 78.9 Å². The normalized spacial score (nSPS) is 11.6.